The molecule has 1 aliphatic heterocycles. The molecule has 1 N–H and O–H groups in total. The van der Waals surface area contributed by atoms with E-state index in [2.05, 4.69) is 5.32 Å². The van der Waals surface area contributed by atoms with E-state index in [1.807, 2.05) is 24.3 Å². The van der Waals surface area contributed by atoms with E-state index in [4.69, 9.17) is 21.3 Å². The molecule has 4 aromatic rings. The molecule has 5 rings (SSSR count). The quantitative estimate of drug-likeness (QED) is 0.352. The molecule has 0 aliphatic carbocycles. The number of hydrogen-bond acceptors (Lipinski definition) is 6. The van der Waals surface area contributed by atoms with Gasteiger partial charge in [-0.25, -0.2) is 9.78 Å². The van der Waals surface area contributed by atoms with Crippen LogP contribution in [0.1, 0.15) is 27.7 Å². The number of thiazole rings is 1. The molecule has 0 radical (unpaired) electrons. The molecular weight excluding hydrogens is 478 g/mol. The van der Waals surface area contributed by atoms with Crippen LogP contribution >= 0.6 is 34.3 Å². The van der Waals surface area contributed by atoms with Gasteiger partial charge in [0, 0.05) is 27.6 Å². The van der Waals surface area contributed by atoms with Crippen molar-refractivity contribution in [3.8, 4) is 10.6 Å². The van der Waals surface area contributed by atoms with Crippen LogP contribution in [0, 0.1) is 0 Å². The first-order valence-corrected chi connectivity index (χ1v) is 12.5. The van der Waals surface area contributed by atoms with Gasteiger partial charge in [-0.1, -0.05) is 29.8 Å². The van der Waals surface area contributed by atoms with Crippen molar-refractivity contribution >= 4 is 61.5 Å². The van der Waals surface area contributed by atoms with Crippen molar-refractivity contribution in [3.63, 3.8) is 0 Å². The van der Waals surface area contributed by atoms with Crippen LogP contribution in [0.2, 0.25) is 5.02 Å². The molecule has 0 spiro atoms. The number of carbonyl (C=O) groups is 2. The number of hydrogen-bond donors (Lipinski definition) is 1. The second-order valence-electron chi connectivity index (χ2n) is 7.53. The molecule has 0 atom stereocenters. The van der Waals surface area contributed by atoms with Gasteiger partial charge in [0.2, 0.25) is 0 Å². The van der Waals surface area contributed by atoms with Gasteiger partial charge >= 0.3 is 6.09 Å². The summed E-state index contributed by atoms with van der Waals surface area (Å²) in [7, 11) is 0. The van der Waals surface area contributed by atoms with Gasteiger partial charge in [-0.2, -0.15) is 0 Å². The van der Waals surface area contributed by atoms with Crippen LogP contribution in [-0.2, 0) is 17.7 Å². The lowest BCUT2D eigenvalue weighted by Gasteiger charge is -2.26. The highest BCUT2D eigenvalue weighted by atomic mass is 35.5. The zero-order valence-electron chi connectivity index (χ0n) is 17.8. The second kappa shape index (κ2) is 9.13. The topological polar surface area (TPSA) is 71.5 Å². The molecule has 0 bridgehead atoms. The fourth-order valence-electron chi connectivity index (χ4n) is 3.87. The number of benzene rings is 2. The van der Waals surface area contributed by atoms with Crippen molar-refractivity contribution in [1.29, 1.82) is 0 Å². The number of carbonyl (C=O) groups excluding carboxylic acids is 2. The van der Waals surface area contributed by atoms with Gasteiger partial charge in [-0.3, -0.25) is 4.79 Å². The zero-order valence-corrected chi connectivity index (χ0v) is 20.1. The normalized spacial score (nSPS) is 13.1. The molecular formula is C24H20ClN3O3S2. The van der Waals surface area contributed by atoms with E-state index in [-0.39, 0.29) is 12.0 Å². The van der Waals surface area contributed by atoms with Crippen molar-refractivity contribution in [2.75, 3.05) is 18.5 Å². The highest BCUT2D eigenvalue weighted by Gasteiger charge is 2.30. The largest absolute Gasteiger partial charge is 0.450 e. The standard InChI is InChI=1S/C24H20ClN3O3S2/c1-2-31-24(30)28-11-10-16-19(13-28)33-23(27-21(29)14-6-5-7-15(25)12-14)20(16)22-26-17-8-3-4-9-18(17)32-22/h3-9,12H,2,10-11,13H2,1H3,(H,27,29). The fourth-order valence-corrected chi connectivity index (χ4v) is 6.43. The first-order valence-electron chi connectivity index (χ1n) is 10.5. The Kier molecular flexibility index (Phi) is 6.05. The van der Waals surface area contributed by atoms with Crippen molar-refractivity contribution in [3.05, 3.63) is 69.6 Å². The van der Waals surface area contributed by atoms with Crippen molar-refractivity contribution in [2.24, 2.45) is 0 Å². The lowest BCUT2D eigenvalue weighted by molar-refractivity contribution is 0.102. The predicted octanol–water partition coefficient (Wildman–Crippen LogP) is 6.45. The molecule has 168 valence electrons. The maximum absolute atomic E-state index is 13.0. The minimum absolute atomic E-state index is 0.235. The number of rotatable bonds is 4. The van der Waals surface area contributed by atoms with E-state index in [9.17, 15) is 9.59 Å². The monoisotopic (exact) mass is 497 g/mol. The van der Waals surface area contributed by atoms with Crippen LogP contribution in [0.3, 0.4) is 0 Å². The third-order valence-electron chi connectivity index (χ3n) is 5.40. The molecule has 2 amide bonds. The summed E-state index contributed by atoms with van der Waals surface area (Å²) in [5.41, 5.74) is 3.47. The van der Waals surface area contributed by atoms with Gasteiger partial charge in [0.25, 0.3) is 5.91 Å². The Morgan fingerprint density at radius 2 is 2.03 bits per heavy atom. The molecule has 2 aromatic heterocycles. The number of halogens is 1. The number of ether oxygens (including phenoxy) is 1. The van der Waals surface area contributed by atoms with Gasteiger partial charge in [-0.15, -0.1) is 22.7 Å². The van der Waals surface area contributed by atoms with Crippen LogP contribution in [0.4, 0.5) is 9.80 Å². The molecule has 2 aromatic carbocycles. The maximum atomic E-state index is 13.0. The van der Waals surface area contributed by atoms with Crippen molar-refractivity contribution < 1.29 is 14.3 Å². The number of amides is 2. The first kappa shape index (κ1) is 21.9. The summed E-state index contributed by atoms with van der Waals surface area (Å²) < 4.78 is 6.28. The van der Waals surface area contributed by atoms with Crippen LogP contribution < -0.4 is 5.32 Å². The third kappa shape index (κ3) is 4.34. The van der Waals surface area contributed by atoms with E-state index in [0.29, 0.717) is 36.7 Å². The first-order chi connectivity index (χ1) is 16.0. The third-order valence-corrected chi connectivity index (χ3v) is 7.83. The summed E-state index contributed by atoms with van der Waals surface area (Å²) in [5, 5.41) is 5.17. The minimum Gasteiger partial charge on any atom is -0.450 e. The average Bonchev–Trinajstić information content (AvgIpc) is 3.39. The number of nitrogens with zero attached hydrogens (tertiary/aromatic N) is 2. The van der Waals surface area contributed by atoms with Gasteiger partial charge < -0.3 is 15.0 Å². The van der Waals surface area contributed by atoms with Crippen LogP contribution in [-0.4, -0.2) is 35.0 Å². The fraction of sp³-hybridized carbons (Fsp3) is 0.208. The van der Waals surface area contributed by atoms with Gasteiger partial charge in [0.05, 0.1) is 23.4 Å². The molecule has 0 fully saturated rings. The highest BCUT2D eigenvalue weighted by molar-refractivity contribution is 7.23. The number of fused-ring (bicyclic) bond motifs is 2. The highest BCUT2D eigenvalue weighted by Crippen LogP contribution is 2.45. The molecule has 0 saturated carbocycles. The SMILES string of the molecule is CCOC(=O)N1CCc2c(sc(NC(=O)c3cccc(Cl)c3)c2-c2nc3ccccc3s2)C1. The Morgan fingerprint density at radius 1 is 1.18 bits per heavy atom. The van der Waals surface area contributed by atoms with E-state index in [1.54, 1.807) is 47.4 Å². The number of aromatic nitrogens is 1. The van der Waals surface area contributed by atoms with E-state index in [1.165, 1.54) is 11.3 Å². The summed E-state index contributed by atoms with van der Waals surface area (Å²) in [4.78, 5) is 32.9. The summed E-state index contributed by atoms with van der Waals surface area (Å²) in [6.45, 7) is 3.14. The summed E-state index contributed by atoms with van der Waals surface area (Å²) in [6.07, 6.45) is 0.353. The van der Waals surface area contributed by atoms with Crippen LogP contribution in [0.15, 0.2) is 48.5 Å². The molecule has 3 heterocycles. The Bertz CT molecular complexity index is 1330. The number of nitrogens with one attached hydrogen (secondary N) is 1. The van der Waals surface area contributed by atoms with Crippen molar-refractivity contribution in [1.82, 2.24) is 9.88 Å². The van der Waals surface area contributed by atoms with Crippen LogP contribution in [0.5, 0.6) is 0 Å². The second-order valence-corrected chi connectivity index (χ2v) is 10.1. The van der Waals surface area contributed by atoms with E-state index < -0.39 is 0 Å². The molecule has 1 aliphatic rings. The predicted molar refractivity (Wildman–Crippen MR) is 133 cm³/mol. The van der Waals surface area contributed by atoms with Crippen LogP contribution in [0.25, 0.3) is 20.8 Å². The molecule has 9 heteroatoms. The van der Waals surface area contributed by atoms with Gasteiger partial charge in [-0.05, 0) is 49.2 Å². The molecule has 0 saturated heterocycles. The van der Waals surface area contributed by atoms with E-state index in [0.717, 1.165) is 36.2 Å². The molecule has 33 heavy (non-hydrogen) atoms. The van der Waals surface area contributed by atoms with Gasteiger partial charge in [0.1, 0.15) is 10.0 Å². The Morgan fingerprint density at radius 3 is 2.82 bits per heavy atom. The zero-order chi connectivity index (χ0) is 22.9. The Balaban J connectivity index is 1.56. The Hall–Kier alpha value is -2.94. The molecule has 0 unspecified atom stereocenters. The van der Waals surface area contributed by atoms with Gasteiger partial charge in [0.15, 0.2) is 0 Å². The number of anilines is 1. The number of para-hydroxylation sites is 1. The molecule has 6 nitrogen and oxygen atoms in total. The Labute approximate surface area is 203 Å². The summed E-state index contributed by atoms with van der Waals surface area (Å²) in [5.74, 6) is -0.235. The maximum Gasteiger partial charge on any atom is 0.410 e. The lowest BCUT2D eigenvalue weighted by Crippen LogP contribution is -2.35. The average molecular weight is 498 g/mol. The summed E-state index contributed by atoms with van der Waals surface area (Å²) >= 11 is 9.17. The summed E-state index contributed by atoms with van der Waals surface area (Å²) in [6, 6.07) is 14.9. The number of thiophene rings is 1. The van der Waals surface area contributed by atoms with E-state index >= 15 is 0 Å². The minimum atomic E-state index is -0.317. The lowest BCUT2D eigenvalue weighted by atomic mass is 10.0. The smallest absolute Gasteiger partial charge is 0.410 e. The van der Waals surface area contributed by atoms with Crippen molar-refractivity contribution in [2.45, 2.75) is 19.9 Å².